The Morgan fingerprint density at radius 1 is 0.613 bits per heavy atom. The molecule has 0 radical (unpaired) electrons. The summed E-state index contributed by atoms with van der Waals surface area (Å²) < 4.78 is 6.84. The molecule has 62 heavy (non-hydrogen) atoms. The van der Waals surface area contributed by atoms with Gasteiger partial charge in [-0.3, -0.25) is 0 Å². The molecule has 5 heteroatoms. The number of hydrogen-bond acceptors (Lipinski definition) is 5. The minimum Gasteiger partial charge on any atom is -0.485 e. The zero-order valence-electron chi connectivity index (χ0n) is 34.3. The molecule has 3 unspecified atom stereocenters. The third-order valence-corrected chi connectivity index (χ3v) is 13.1. The second kappa shape index (κ2) is 14.5. The molecule has 12 rings (SSSR count). The maximum Gasteiger partial charge on any atom is 0.169 e. The number of pyridine rings is 1. The Labute approximate surface area is 360 Å². The van der Waals surface area contributed by atoms with Crippen molar-refractivity contribution in [2.75, 3.05) is 0 Å². The number of benzene rings is 7. The fraction of sp³-hybridized carbons (Fsp3) is 0.105. The van der Waals surface area contributed by atoms with E-state index in [1.165, 1.54) is 33.0 Å². The lowest BCUT2D eigenvalue weighted by atomic mass is 9.67. The fourth-order valence-corrected chi connectivity index (χ4v) is 9.95. The summed E-state index contributed by atoms with van der Waals surface area (Å²) in [5.41, 5.74) is 14.3. The predicted molar refractivity (Wildman–Crippen MR) is 253 cm³/mol. The van der Waals surface area contributed by atoms with Gasteiger partial charge in [-0.2, -0.15) is 0 Å². The van der Waals surface area contributed by atoms with Crippen LogP contribution < -0.4 is 20.5 Å². The highest BCUT2D eigenvalue weighted by molar-refractivity contribution is 6.16. The first kappa shape index (κ1) is 36.2. The van der Waals surface area contributed by atoms with E-state index in [9.17, 15) is 0 Å². The van der Waals surface area contributed by atoms with Crippen molar-refractivity contribution in [3.8, 4) is 28.1 Å². The number of hydrogen-bond donors (Lipinski definition) is 1. The molecule has 0 spiro atoms. The second-order valence-corrected chi connectivity index (χ2v) is 16.8. The molecule has 1 aromatic heterocycles. The van der Waals surface area contributed by atoms with Gasteiger partial charge in [-0.1, -0.05) is 170 Å². The molecule has 1 N–H and O–H groups in total. The molecule has 4 aliphatic rings. The average molecular weight is 799 g/mol. The molecule has 7 aromatic carbocycles. The maximum atomic E-state index is 6.84. The molecular weight excluding hydrogens is 757 g/mol. The van der Waals surface area contributed by atoms with E-state index in [0.717, 1.165) is 85.5 Å². The highest BCUT2D eigenvalue weighted by Crippen LogP contribution is 2.51. The topological polar surface area (TPSA) is 58.9 Å². The van der Waals surface area contributed by atoms with Gasteiger partial charge in [-0.15, -0.1) is 0 Å². The van der Waals surface area contributed by atoms with Gasteiger partial charge in [0, 0.05) is 32.9 Å². The van der Waals surface area contributed by atoms with Gasteiger partial charge in [0.05, 0.1) is 16.6 Å². The zero-order valence-corrected chi connectivity index (χ0v) is 34.3. The third-order valence-electron chi connectivity index (χ3n) is 13.1. The van der Waals surface area contributed by atoms with Gasteiger partial charge in [0.2, 0.25) is 0 Å². The number of ether oxygens (including phenoxy) is 1. The molecule has 0 saturated heterocycles. The van der Waals surface area contributed by atoms with Crippen LogP contribution in [0.2, 0.25) is 0 Å². The molecule has 0 fully saturated rings. The Morgan fingerprint density at radius 3 is 2.05 bits per heavy atom. The van der Waals surface area contributed by atoms with Crippen molar-refractivity contribution in [3.05, 3.63) is 231 Å². The van der Waals surface area contributed by atoms with Crippen LogP contribution in [0.4, 0.5) is 0 Å². The molecule has 296 valence electrons. The van der Waals surface area contributed by atoms with Crippen LogP contribution in [0.1, 0.15) is 58.5 Å². The van der Waals surface area contributed by atoms with Crippen molar-refractivity contribution in [3.63, 3.8) is 0 Å². The van der Waals surface area contributed by atoms with Gasteiger partial charge in [-0.05, 0) is 88.2 Å². The molecule has 2 aliphatic heterocycles. The molecule has 2 aliphatic carbocycles. The maximum absolute atomic E-state index is 6.84. The van der Waals surface area contributed by atoms with E-state index in [1.807, 2.05) is 18.2 Å². The number of fused-ring (bicyclic) bond motifs is 7. The molecule has 8 aromatic rings. The summed E-state index contributed by atoms with van der Waals surface area (Å²) in [6.45, 7) is 2.35. The molecule has 0 amide bonds. The molecular formula is C57H42N4O. The van der Waals surface area contributed by atoms with Crippen LogP contribution in [0.15, 0.2) is 192 Å². The number of allylic oxidation sites excluding steroid dienone is 1. The standard InChI is InChI=1S/C57H42N4O/c1-57-47-21-11-13-23-49(47)62-50(57)35-46-51(45-20-10-12-22-48(45)58-53(46)40-15-4-2-5-16-40)52(57)39-29-24-37(25-30-39)38-26-31-42(32-27-38)55-59-54(41-17-6-3-7-18-41)60-56(61-55)44-33-28-36-14-8-9-19-43(36)34-44/h2-7,9-13,15-35,50,55H,8,14H2,1H3,(H,59,60,61). The van der Waals surface area contributed by atoms with E-state index < -0.39 is 5.41 Å². The van der Waals surface area contributed by atoms with Crippen LogP contribution in [-0.2, 0) is 11.8 Å². The number of nitrogens with one attached hydrogen (secondary N) is 1. The Morgan fingerprint density at radius 2 is 1.26 bits per heavy atom. The van der Waals surface area contributed by atoms with Crippen molar-refractivity contribution >= 4 is 40.3 Å². The summed E-state index contributed by atoms with van der Waals surface area (Å²) in [6, 6.07) is 62.5. The first-order chi connectivity index (χ1) is 30.6. The number of rotatable bonds is 6. The van der Waals surface area contributed by atoms with Gasteiger partial charge >= 0.3 is 0 Å². The number of nitrogens with zero attached hydrogens (tertiary/aromatic N) is 3. The van der Waals surface area contributed by atoms with Crippen LogP contribution in [0.3, 0.4) is 0 Å². The number of aliphatic imine (C=N–C) groups is 2. The van der Waals surface area contributed by atoms with Gasteiger partial charge in [0.1, 0.15) is 23.5 Å². The van der Waals surface area contributed by atoms with Gasteiger partial charge in [0.25, 0.3) is 0 Å². The van der Waals surface area contributed by atoms with Crippen LogP contribution in [0, 0.1) is 0 Å². The third kappa shape index (κ3) is 5.95. The van der Waals surface area contributed by atoms with Crippen LogP contribution in [0.25, 0.3) is 51.0 Å². The molecule has 3 heterocycles. The van der Waals surface area contributed by atoms with E-state index in [1.54, 1.807) is 0 Å². The van der Waals surface area contributed by atoms with Crippen molar-refractivity contribution in [2.45, 2.75) is 37.5 Å². The van der Waals surface area contributed by atoms with Gasteiger partial charge in [-0.25, -0.2) is 15.0 Å². The van der Waals surface area contributed by atoms with Gasteiger partial charge < -0.3 is 10.1 Å². The number of aryl methyl sites for hydroxylation is 1. The number of amidine groups is 2. The number of aromatic nitrogens is 1. The summed E-state index contributed by atoms with van der Waals surface area (Å²) in [7, 11) is 0. The number of para-hydroxylation sites is 2. The van der Waals surface area contributed by atoms with E-state index in [2.05, 4.69) is 188 Å². The minimum atomic E-state index is -0.437. The molecule has 3 atom stereocenters. The molecule has 5 nitrogen and oxygen atoms in total. The first-order valence-corrected chi connectivity index (χ1v) is 21.5. The lowest BCUT2D eigenvalue weighted by Gasteiger charge is -2.35. The monoisotopic (exact) mass is 798 g/mol. The lowest BCUT2D eigenvalue weighted by Crippen LogP contribution is -2.48. The summed E-state index contributed by atoms with van der Waals surface area (Å²) >= 11 is 0. The van der Waals surface area contributed by atoms with Crippen LogP contribution >= 0.6 is 0 Å². The van der Waals surface area contributed by atoms with E-state index in [4.69, 9.17) is 19.7 Å². The summed E-state index contributed by atoms with van der Waals surface area (Å²) in [5.74, 6) is 2.58. The smallest absolute Gasteiger partial charge is 0.169 e. The highest BCUT2D eigenvalue weighted by atomic mass is 16.5. The van der Waals surface area contributed by atoms with Crippen molar-refractivity contribution < 1.29 is 4.74 Å². The Balaban J connectivity index is 0.953. The normalized spacial score (nSPS) is 19.5. The van der Waals surface area contributed by atoms with Crippen molar-refractivity contribution in [2.24, 2.45) is 9.98 Å². The van der Waals surface area contributed by atoms with Crippen molar-refractivity contribution in [1.82, 2.24) is 10.3 Å². The average Bonchev–Trinajstić information content (AvgIpc) is 3.64. The van der Waals surface area contributed by atoms with E-state index in [-0.39, 0.29) is 12.3 Å². The lowest BCUT2D eigenvalue weighted by molar-refractivity contribution is 0.247. The van der Waals surface area contributed by atoms with Gasteiger partial charge in [0.15, 0.2) is 6.17 Å². The summed E-state index contributed by atoms with van der Waals surface area (Å²) in [4.78, 5) is 15.7. The van der Waals surface area contributed by atoms with Crippen molar-refractivity contribution in [1.29, 1.82) is 0 Å². The summed E-state index contributed by atoms with van der Waals surface area (Å²) in [5, 5.41) is 7.05. The highest BCUT2D eigenvalue weighted by Gasteiger charge is 2.49. The van der Waals surface area contributed by atoms with E-state index >= 15 is 0 Å². The predicted octanol–water partition coefficient (Wildman–Crippen LogP) is 10.7. The summed E-state index contributed by atoms with van der Waals surface area (Å²) in [6.07, 6.45) is 8.37. The minimum absolute atomic E-state index is 0.202. The molecule has 0 saturated carbocycles. The zero-order chi connectivity index (χ0) is 41.2. The Hall–Kier alpha value is -7.63. The molecule has 0 bridgehead atoms. The quantitative estimate of drug-likeness (QED) is 0.182. The Kier molecular flexibility index (Phi) is 8.49. The van der Waals surface area contributed by atoms with Crippen LogP contribution in [-0.4, -0.2) is 22.8 Å². The first-order valence-electron chi connectivity index (χ1n) is 21.5. The fourth-order valence-electron chi connectivity index (χ4n) is 9.95. The SMILES string of the molecule is CC12C(c3ccc(-c4ccc(C5N=C(c6ccccc6)NC(c6ccc7c(c6)C=CCC7)=N5)cc4)cc3)=c3c(c(-c4ccccc4)nc4ccccc34)=CC1Oc1ccccc12. The Bertz CT molecular complexity index is 3300. The van der Waals surface area contributed by atoms with Crippen LogP contribution in [0.5, 0.6) is 5.75 Å². The van der Waals surface area contributed by atoms with E-state index in [0.29, 0.717) is 0 Å². The second-order valence-electron chi connectivity index (χ2n) is 16.8. The largest absolute Gasteiger partial charge is 0.485 e.